The van der Waals surface area contributed by atoms with Gasteiger partial charge in [-0.05, 0) is 28.8 Å². The zero-order chi connectivity index (χ0) is 13.8. The van der Waals surface area contributed by atoms with E-state index in [-0.39, 0.29) is 0 Å². The minimum Gasteiger partial charge on any atom is -0.388 e. The Labute approximate surface area is 119 Å². The Morgan fingerprint density at radius 3 is 2.05 bits per heavy atom. The van der Waals surface area contributed by atoms with Crippen molar-refractivity contribution in [1.82, 2.24) is 0 Å². The molecular weight excluding hydrogens is 242 g/mol. The quantitative estimate of drug-likeness (QED) is 0.693. The van der Waals surface area contributed by atoms with Crippen molar-refractivity contribution in [2.75, 3.05) is 12.4 Å². The highest BCUT2D eigenvalue weighted by Gasteiger charge is 2.04. The average molecular weight is 259 g/mol. The van der Waals surface area contributed by atoms with Gasteiger partial charge in [0, 0.05) is 18.3 Å². The molecule has 98 valence electrons. The second-order valence-electron chi connectivity index (χ2n) is 4.74. The van der Waals surface area contributed by atoms with Crippen molar-refractivity contribution in [2.45, 2.75) is 0 Å². The molecule has 0 spiro atoms. The van der Waals surface area contributed by atoms with Crippen LogP contribution in [0.3, 0.4) is 0 Å². The molecule has 0 unspecified atom stereocenters. The molecule has 0 saturated carbocycles. The molecule has 0 radical (unpaired) electrons. The summed E-state index contributed by atoms with van der Waals surface area (Å²) in [5, 5.41) is 3.25. The highest BCUT2D eigenvalue weighted by Crippen LogP contribution is 2.30. The van der Waals surface area contributed by atoms with E-state index < -0.39 is 0 Å². The predicted molar refractivity (Wildman–Crippen MR) is 86.9 cm³/mol. The van der Waals surface area contributed by atoms with E-state index in [1.54, 1.807) is 0 Å². The summed E-state index contributed by atoms with van der Waals surface area (Å²) in [4.78, 5) is 0. The van der Waals surface area contributed by atoms with Gasteiger partial charge >= 0.3 is 0 Å². The summed E-state index contributed by atoms with van der Waals surface area (Å²) in [7, 11) is 1.96. The Morgan fingerprint density at radius 1 is 0.600 bits per heavy atom. The molecule has 0 aliphatic rings. The van der Waals surface area contributed by atoms with Gasteiger partial charge < -0.3 is 5.32 Å². The second-order valence-corrected chi connectivity index (χ2v) is 4.74. The lowest BCUT2D eigenvalue weighted by Gasteiger charge is -2.10. The lowest BCUT2D eigenvalue weighted by molar-refractivity contribution is 1.50. The third-order valence-electron chi connectivity index (χ3n) is 3.48. The van der Waals surface area contributed by atoms with Gasteiger partial charge in [0.25, 0.3) is 0 Å². The smallest absolute Gasteiger partial charge is 0.0417 e. The monoisotopic (exact) mass is 259 g/mol. The first-order chi connectivity index (χ1) is 9.88. The maximum atomic E-state index is 3.25. The summed E-state index contributed by atoms with van der Waals surface area (Å²) in [6.45, 7) is 0. The SMILES string of the molecule is CNc1ccccc1-c1cccc(-c2ccccc2)c1. The molecule has 0 bridgehead atoms. The summed E-state index contributed by atoms with van der Waals surface area (Å²) in [5.74, 6) is 0. The summed E-state index contributed by atoms with van der Waals surface area (Å²) >= 11 is 0. The maximum absolute atomic E-state index is 3.25. The van der Waals surface area contributed by atoms with Crippen LogP contribution in [0.1, 0.15) is 0 Å². The van der Waals surface area contributed by atoms with E-state index in [2.05, 4.69) is 78.1 Å². The van der Waals surface area contributed by atoms with Gasteiger partial charge in [0.05, 0.1) is 0 Å². The first-order valence-corrected chi connectivity index (χ1v) is 6.81. The topological polar surface area (TPSA) is 12.0 Å². The molecule has 0 heterocycles. The number of nitrogens with one attached hydrogen (secondary N) is 1. The number of para-hydroxylation sites is 1. The molecule has 3 aromatic rings. The fraction of sp³-hybridized carbons (Fsp3) is 0.0526. The van der Waals surface area contributed by atoms with Crippen LogP contribution in [0, 0.1) is 0 Å². The van der Waals surface area contributed by atoms with Crippen LogP contribution in [0.4, 0.5) is 5.69 Å². The second kappa shape index (κ2) is 5.62. The van der Waals surface area contributed by atoms with Gasteiger partial charge in [-0.15, -0.1) is 0 Å². The van der Waals surface area contributed by atoms with Crippen LogP contribution in [0.2, 0.25) is 0 Å². The minimum atomic E-state index is 1.15. The molecule has 20 heavy (non-hydrogen) atoms. The van der Waals surface area contributed by atoms with E-state index in [4.69, 9.17) is 0 Å². The van der Waals surface area contributed by atoms with Crippen molar-refractivity contribution in [2.24, 2.45) is 0 Å². The lowest BCUT2D eigenvalue weighted by atomic mass is 9.98. The molecule has 3 aromatic carbocycles. The van der Waals surface area contributed by atoms with Crippen LogP contribution in [-0.2, 0) is 0 Å². The Morgan fingerprint density at radius 2 is 1.25 bits per heavy atom. The fourth-order valence-corrected chi connectivity index (χ4v) is 2.45. The van der Waals surface area contributed by atoms with Crippen molar-refractivity contribution in [3.63, 3.8) is 0 Å². The zero-order valence-electron chi connectivity index (χ0n) is 11.5. The molecule has 0 aliphatic carbocycles. The Kier molecular flexibility index (Phi) is 3.51. The molecular formula is C19H17N. The lowest BCUT2D eigenvalue weighted by Crippen LogP contribution is -1.91. The highest BCUT2D eigenvalue weighted by atomic mass is 14.8. The van der Waals surface area contributed by atoms with Crippen LogP contribution < -0.4 is 5.32 Å². The molecule has 0 aromatic heterocycles. The predicted octanol–water partition coefficient (Wildman–Crippen LogP) is 5.06. The van der Waals surface area contributed by atoms with E-state index in [9.17, 15) is 0 Å². The van der Waals surface area contributed by atoms with Crippen molar-refractivity contribution in [1.29, 1.82) is 0 Å². The summed E-state index contributed by atoms with van der Waals surface area (Å²) in [6.07, 6.45) is 0. The third-order valence-corrected chi connectivity index (χ3v) is 3.48. The van der Waals surface area contributed by atoms with Crippen molar-refractivity contribution >= 4 is 5.69 Å². The van der Waals surface area contributed by atoms with Gasteiger partial charge in [0.1, 0.15) is 0 Å². The van der Waals surface area contributed by atoms with Crippen LogP contribution in [0.25, 0.3) is 22.3 Å². The molecule has 1 heteroatoms. The Bertz CT molecular complexity index is 702. The molecule has 0 atom stereocenters. The maximum Gasteiger partial charge on any atom is 0.0417 e. The van der Waals surface area contributed by atoms with E-state index in [0.29, 0.717) is 0 Å². The number of anilines is 1. The Hall–Kier alpha value is -2.54. The number of benzene rings is 3. The van der Waals surface area contributed by atoms with Crippen molar-refractivity contribution < 1.29 is 0 Å². The standard InChI is InChI=1S/C19H17N/c1-20-19-13-6-5-12-18(19)17-11-7-10-16(14-17)15-8-3-2-4-9-15/h2-14,20H,1H3. The van der Waals surface area contributed by atoms with Crippen molar-refractivity contribution in [3.05, 3.63) is 78.9 Å². The van der Waals surface area contributed by atoms with Crippen LogP contribution >= 0.6 is 0 Å². The normalized spacial score (nSPS) is 10.2. The number of rotatable bonds is 3. The largest absolute Gasteiger partial charge is 0.388 e. The van der Waals surface area contributed by atoms with Gasteiger partial charge in [0.15, 0.2) is 0 Å². The third kappa shape index (κ3) is 2.43. The summed E-state index contributed by atoms with van der Waals surface area (Å²) in [5.41, 5.74) is 6.10. The fourth-order valence-electron chi connectivity index (χ4n) is 2.45. The molecule has 3 rings (SSSR count). The number of hydrogen-bond acceptors (Lipinski definition) is 1. The van der Waals surface area contributed by atoms with Crippen LogP contribution in [0.15, 0.2) is 78.9 Å². The van der Waals surface area contributed by atoms with Gasteiger partial charge in [-0.1, -0.05) is 66.7 Å². The first kappa shape index (κ1) is 12.5. The highest BCUT2D eigenvalue weighted by molar-refractivity contribution is 5.81. The van der Waals surface area contributed by atoms with Crippen LogP contribution in [-0.4, -0.2) is 7.05 Å². The van der Waals surface area contributed by atoms with Gasteiger partial charge in [-0.3, -0.25) is 0 Å². The molecule has 1 nitrogen and oxygen atoms in total. The number of hydrogen-bond donors (Lipinski definition) is 1. The van der Waals surface area contributed by atoms with Gasteiger partial charge in [-0.2, -0.15) is 0 Å². The molecule has 0 saturated heterocycles. The van der Waals surface area contributed by atoms with E-state index in [1.165, 1.54) is 22.3 Å². The first-order valence-electron chi connectivity index (χ1n) is 6.81. The van der Waals surface area contributed by atoms with E-state index >= 15 is 0 Å². The summed E-state index contributed by atoms with van der Waals surface area (Å²) < 4.78 is 0. The molecule has 1 N–H and O–H groups in total. The average Bonchev–Trinajstić information content (AvgIpc) is 2.56. The molecule has 0 fully saturated rings. The van der Waals surface area contributed by atoms with Crippen LogP contribution in [0.5, 0.6) is 0 Å². The molecule has 0 amide bonds. The van der Waals surface area contributed by atoms with E-state index in [1.807, 2.05) is 13.1 Å². The van der Waals surface area contributed by atoms with E-state index in [0.717, 1.165) is 5.69 Å². The van der Waals surface area contributed by atoms with Gasteiger partial charge in [0.2, 0.25) is 0 Å². The minimum absolute atomic E-state index is 1.15. The zero-order valence-corrected chi connectivity index (χ0v) is 11.5. The molecule has 0 aliphatic heterocycles. The van der Waals surface area contributed by atoms with Gasteiger partial charge in [-0.25, -0.2) is 0 Å². The Balaban J connectivity index is 2.08. The summed E-state index contributed by atoms with van der Waals surface area (Å²) in [6, 6.07) is 27.5. The van der Waals surface area contributed by atoms with Crippen molar-refractivity contribution in [3.8, 4) is 22.3 Å².